The Morgan fingerprint density at radius 1 is 1.32 bits per heavy atom. The largest absolute Gasteiger partial charge is 0.323 e. The van der Waals surface area contributed by atoms with Crippen LogP contribution in [0.15, 0.2) is 42.6 Å². The van der Waals surface area contributed by atoms with Crippen molar-refractivity contribution in [2.24, 2.45) is 0 Å². The summed E-state index contributed by atoms with van der Waals surface area (Å²) in [5.74, 6) is 0.163. The number of fused-ring (bicyclic) bond motifs is 1. The number of anilines is 1. The molecule has 1 N–H and O–H groups in total. The molecule has 5 heteroatoms. The first kappa shape index (κ1) is 14.3. The molecule has 0 aliphatic carbocycles. The van der Waals surface area contributed by atoms with Crippen molar-refractivity contribution in [1.29, 1.82) is 0 Å². The van der Waals surface area contributed by atoms with Gasteiger partial charge in [-0.2, -0.15) is 0 Å². The van der Waals surface area contributed by atoms with Crippen LogP contribution < -0.4 is 5.32 Å². The van der Waals surface area contributed by atoms with Crippen molar-refractivity contribution in [3.8, 4) is 0 Å². The Kier molecular flexibility index (Phi) is 3.63. The lowest BCUT2D eigenvalue weighted by Gasteiger charge is -2.23. The van der Waals surface area contributed by atoms with Gasteiger partial charge in [0.25, 0.3) is 5.91 Å². The number of nitrogens with one attached hydrogen (secondary N) is 1. The van der Waals surface area contributed by atoms with Crippen LogP contribution in [0.3, 0.4) is 0 Å². The van der Waals surface area contributed by atoms with Crippen LogP contribution in [0, 0.1) is 6.92 Å². The number of pyridine rings is 1. The molecule has 1 unspecified atom stereocenters. The third-order valence-corrected chi connectivity index (χ3v) is 3.86. The number of amides is 2. The van der Waals surface area contributed by atoms with Gasteiger partial charge in [0, 0.05) is 18.3 Å². The Morgan fingerprint density at radius 3 is 2.82 bits per heavy atom. The second-order valence-electron chi connectivity index (χ2n) is 5.47. The first-order chi connectivity index (χ1) is 10.6. The van der Waals surface area contributed by atoms with Crippen LogP contribution in [-0.2, 0) is 11.3 Å². The minimum Gasteiger partial charge on any atom is -0.323 e. The molecule has 2 heterocycles. The number of benzene rings is 1. The topological polar surface area (TPSA) is 62.3 Å². The first-order valence-corrected chi connectivity index (χ1v) is 7.18. The second kappa shape index (κ2) is 5.60. The fraction of sp³-hybridized carbons (Fsp3) is 0.235. The predicted molar refractivity (Wildman–Crippen MR) is 83.4 cm³/mol. The summed E-state index contributed by atoms with van der Waals surface area (Å²) >= 11 is 0. The Labute approximate surface area is 129 Å². The Hall–Kier alpha value is -2.69. The summed E-state index contributed by atoms with van der Waals surface area (Å²) in [5, 5.41) is 2.76. The maximum atomic E-state index is 12.4. The molecule has 22 heavy (non-hydrogen) atoms. The Morgan fingerprint density at radius 2 is 2.09 bits per heavy atom. The van der Waals surface area contributed by atoms with E-state index < -0.39 is 6.04 Å². The molecule has 3 rings (SSSR count). The smallest absolute Gasteiger partial charge is 0.255 e. The van der Waals surface area contributed by atoms with Gasteiger partial charge in [-0.05, 0) is 43.2 Å². The van der Waals surface area contributed by atoms with Gasteiger partial charge in [0.05, 0.1) is 0 Å². The number of carbonyl (C=O) groups is 2. The van der Waals surface area contributed by atoms with Crippen molar-refractivity contribution < 1.29 is 9.59 Å². The van der Waals surface area contributed by atoms with Crippen LogP contribution in [0.4, 0.5) is 5.82 Å². The molecule has 0 radical (unpaired) electrons. The van der Waals surface area contributed by atoms with Gasteiger partial charge in [0.1, 0.15) is 11.9 Å². The SMILES string of the molecule is Cc1ccnc(NC(=O)C(C)N2Cc3ccccc3C2=O)c1. The summed E-state index contributed by atoms with van der Waals surface area (Å²) in [6.45, 7) is 4.13. The summed E-state index contributed by atoms with van der Waals surface area (Å²) in [7, 11) is 0. The first-order valence-electron chi connectivity index (χ1n) is 7.18. The van der Waals surface area contributed by atoms with Crippen molar-refractivity contribution >= 4 is 17.6 Å². The van der Waals surface area contributed by atoms with Crippen molar-refractivity contribution in [3.05, 3.63) is 59.3 Å². The molecule has 112 valence electrons. The quantitative estimate of drug-likeness (QED) is 0.945. The van der Waals surface area contributed by atoms with Gasteiger partial charge < -0.3 is 10.2 Å². The summed E-state index contributed by atoms with van der Waals surface area (Å²) < 4.78 is 0. The second-order valence-corrected chi connectivity index (χ2v) is 5.47. The minimum absolute atomic E-state index is 0.101. The Bertz CT molecular complexity index is 742. The molecule has 2 amide bonds. The molecule has 1 atom stereocenters. The van der Waals surface area contributed by atoms with Crippen molar-refractivity contribution in [1.82, 2.24) is 9.88 Å². The van der Waals surface area contributed by atoms with E-state index in [0.717, 1.165) is 11.1 Å². The zero-order valence-corrected chi connectivity index (χ0v) is 12.5. The predicted octanol–water partition coefficient (Wildman–Crippen LogP) is 2.37. The highest BCUT2D eigenvalue weighted by Crippen LogP contribution is 2.24. The van der Waals surface area contributed by atoms with Crippen LogP contribution in [0.2, 0.25) is 0 Å². The lowest BCUT2D eigenvalue weighted by atomic mass is 10.1. The van der Waals surface area contributed by atoms with Crippen LogP contribution in [0.5, 0.6) is 0 Å². The highest BCUT2D eigenvalue weighted by Gasteiger charge is 2.33. The molecular formula is C17H17N3O2. The van der Waals surface area contributed by atoms with Crippen LogP contribution >= 0.6 is 0 Å². The number of rotatable bonds is 3. The number of carbonyl (C=O) groups excluding carboxylic acids is 2. The van der Waals surface area contributed by atoms with E-state index in [1.807, 2.05) is 31.2 Å². The molecule has 0 spiro atoms. The minimum atomic E-state index is -0.554. The van der Waals surface area contributed by atoms with Gasteiger partial charge in [-0.15, -0.1) is 0 Å². The molecule has 1 aliphatic heterocycles. The van der Waals surface area contributed by atoms with E-state index in [-0.39, 0.29) is 11.8 Å². The fourth-order valence-electron chi connectivity index (χ4n) is 2.57. The third kappa shape index (κ3) is 2.57. The van der Waals surface area contributed by atoms with E-state index in [1.165, 1.54) is 0 Å². The van der Waals surface area contributed by atoms with E-state index in [2.05, 4.69) is 10.3 Å². The molecule has 5 nitrogen and oxygen atoms in total. The molecule has 0 saturated heterocycles. The van der Waals surface area contributed by atoms with Gasteiger partial charge in [-0.3, -0.25) is 9.59 Å². The maximum absolute atomic E-state index is 12.4. The summed E-state index contributed by atoms with van der Waals surface area (Å²) in [5.41, 5.74) is 2.65. The van der Waals surface area contributed by atoms with Crippen molar-refractivity contribution in [3.63, 3.8) is 0 Å². The zero-order valence-electron chi connectivity index (χ0n) is 12.5. The van der Waals surface area contributed by atoms with Crippen LogP contribution in [0.25, 0.3) is 0 Å². The van der Waals surface area contributed by atoms with E-state index in [1.54, 1.807) is 30.2 Å². The van der Waals surface area contributed by atoms with Gasteiger partial charge in [-0.1, -0.05) is 18.2 Å². The summed E-state index contributed by atoms with van der Waals surface area (Å²) in [6, 6.07) is 10.6. The zero-order chi connectivity index (χ0) is 15.7. The average molecular weight is 295 g/mol. The van der Waals surface area contributed by atoms with Crippen molar-refractivity contribution in [2.45, 2.75) is 26.4 Å². The third-order valence-electron chi connectivity index (χ3n) is 3.86. The highest BCUT2D eigenvalue weighted by molar-refractivity contribution is 6.03. The van der Waals surface area contributed by atoms with Crippen LogP contribution in [-0.4, -0.2) is 27.7 Å². The van der Waals surface area contributed by atoms with Gasteiger partial charge >= 0.3 is 0 Å². The van der Waals surface area contributed by atoms with Gasteiger partial charge in [-0.25, -0.2) is 4.98 Å². The molecule has 0 bridgehead atoms. The number of aromatic nitrogens is 1. The lowest BCUT2D eigenvalue weighted by Crippen LogP contribution is -2.42. The normalized spacial score (nSPS) is 14.6. The van der Waals surface area contributed by atoms with Crippen LogP contribution in [0.1, 0.15) is 28.4 Å². The van der Waals surface area contributed by atoms with Gasteiger partial charge in [0.2, 0.25) is 5.91 Å². The number of nitrogens with zero attached hydrogens (tertiary/aromatic N) is 2. The highest BCUT2D eigenvalue weighted by atomic mass is 16.2. The molecule has 2 aromatic rings. The maximum Gasteiger partial charge on any atom is 0.255 e. The molecule has 1 aliphatic rings. The lowest BCUT2D eigenvalue weighted by molar-refractivity contribution is -0.120. The van der Waals surface area contributed by atoms with E-state index in [4.69, 9.17) is 0 Å². The molecule has 0 fully saturated rings. The number of hydrogen-bond acceptors (Lipinski definition) is 3. The molecular weight excluding hydrogens is 278 g/mol. The molecule has 1 aromatic carbocycles. The molecule has 1 aromatic heterocycles. The van der Waals surface area contributed by atoms with E-state index in [0.29, 0.717) is 17.9 Å². The van der Waals surface area contributed by atoms with Crippen molar-refractivity contribution in [2.75, 3.05) is 5.32 Å². The summed E-state index contributed by atoms with van der Waals surface area (Å²) in [4.78, 5) is 30.4. The average Bonchev–Trinajstić information content (AvgIpc) is 2.84. The number of hydrogen-bond donors (Lipinski definition) is 1. The Balaban J connectivity index is 1.74. The van der Waals surface area contributed by atoms with Gasteiger partial charge in [0.15, 0.2) is 0 Å². The number of aryl methyl sites for hydroxylation is 1. The monoisotopic (exact) mass is 295 g/mol. The van der Waals surface area contributed by atoms with E-state index in [9.17, 15) is 9.59 Å². The van der Waals surface area contributed by atoms with E-state index >= 15 is 0 Å². The molecule has 0 saturated carbocycles. The standard InChI is InChI=1S/C17H17N3O2/c1-11-7-8-18-15(9-11)19-16(21)12(2)20-10-13-5-3-4-6-14(13)17(20)22/h3-9,12H,10H2,1-2H3,(H,18,19,21). The summed E-state index contributed by atoms with van der Waals surface area (Å²) in [6.07, 6.45) is 1.65. The fourth-order valence-corrected chi connectivity index (χ4v) is 2.57.